The molecule has 2 aromatic rings. The molecule has 0 atom stereocenters. The van der Waals surface area contributed by atoms with E-state index >= 15 is 0 Å². The molecule has 19 heavy (non-hydrogen) atoms. The predicted molar refractivity (Wildman–Crippen MR) is 60.0 cm³/mol. The molecular formula is C13H9F4NO. The minimum Gasteiger partial charge on any atom is -0.487 e. The van der Waals surface area contributed by atoms with Crippen LogP contribution in [0.25, 0.3) is 0 Å². The highest BCUT2D eigenvalue weighted by atomic mass is 19.4. The maximum absolute atomic E-state index is 12.5. The highest BCUT2D eigenvalue weighted by Gasteiger charge is 2.30. The number of hydrogen-bond acceptors (Lipinski definition) is 2. The molecule has 0 bridgehead atoms. The lowest BCUT2D eigenvalue weighted by molar-refractivity contribution is -0.137. The number of ether oxygens (including phenoxy) is 1. The third kappa shape index (κ3) is 3.67. The number of pyridine rings is 1. The Morgan fingerprint density at radius 2 is 1.89 bits per heavy atom. The predicted octanol–water partition coefficient (Wildman–Crippen LogP) is 3.82. The SMILES string of the molecule is Fc1ccc(OCc2cccc(C(F)(F)F)c2)cn1. The molecule has 0 N–H and O–H groups in total. The van der Waals surface area contributed by atoms with Gasteiger partial charge in [-0.1, -0.05) is 12.1 Å². The van der Waals surface area contributed by atoms with Crippen LogP contribution in [0.1, 0.15) is 11.1 Å². The molecule has 1 aromatic heterocycles. The van der Waals surface area contributed by atoms with E-state index in [1.165, 1.54) is 24.4 Å². The summed E-state index contributed by atoms with van der Waals surface area (Å²) in [5.74, 6) is -0.356. The van der Waals surface area contributed by atoms with E-state index in [-0.39, 0.29) is 6.61 Å². The molecule has 0 amide bonds. The molecule has 6 heteroatoms. The van der Waals surface area contributed by atoms with Crippen molar-refractivity contribution in [3.8, 4) is 5.75 Å². The van der Waals surface area contributed by atoms with Crippen LogP contribution in [0.4, 0.5) is 17.6 Å². The van der Waals surface area contributed by atoms with Gasteiger partial charge in [-0.3, -0.25) is 0 Å². The topological polar surface area (TPSA) is 22.1 Å². The number of benzene rings is 1. The van der Waals surface area contributed by atoms with Gasteiger partial charge in [-0.25, -0.2) is 4.98 Å². The largest absolute Gasteiger partial charge is 0.487 e. The average molecular weight is 271 g/mol. The van der Waals surface area contributed by atoms with Crippen LogP contribution in [0.2, 0.25) is 0 Å². The first-order valence-electron chi connectivity index (χ1n) is 5.35. The second kappa shape index (κ2) is 5.26. The van der Waals surface area contributed by atoms with Crippen molar-refractivity contribution >= 4 is 0 Å². The van der Waals surface area contributed by atoms with Gasteiger partial charge in [0.1, 0.15) is 12.4 Å². The molecule has 0 aliphatic rings. The Hall–Kier alpha value is -2.11. The fourth-order valence-electron chi connectivity index (χ4n) is 1.45. The van der Waals surface area contributed by atoms with E-state index in [0.717, 1.165) is 18.2 Å². The van der Waals surface area contributed by atoms with Gasteiger partial charge in [0.2, 0.25) is 5.95 Å². The molecule has 0 saturated carbocycles. The first-order chi connectivity index (χ1) is 8.95. The van der Waals surface area contributed by atoms with Gasteiger partial charge in [-0.05, 0) is 29.8 Å². The van der Waals surface area contributed by atoms with Gasteiger partial charge in [-0.15, -0.1) is 0 Å². The summed E-state index contributed by atoms with van der Waals surface area (Å²) in [6, 6.07) is 7.30. The number of rotatable bonds is 3. The molecule has 100 valence electrons. The molecule has 0 fully saturated rings. The van der Waals surface area contributed by atoms with Crippen LogP contribution >= 0.6 is 0 Å². The van der Waals surface area contributed by atoms with Crippen molar-refractivity contribution in [1.29, 1.82) is 0 Å². The fraction of sp³-hybridized carbons (Fsp3) is 0.154. The van der Waals surface area contributed by atoms with E-state index < -0.39 is 17.7 Å². The van der Waals surface area contributed by atoms with Crippen LogP contribution in [0.15, 0.2) is 42.6 Å². The van der Waals surface area contributed by atoms with Gasteiger partial charge in [0, 0.05) is 0 Å². The van der Waals surface area contributed by atoms with Crippen LogP contribution in [-0.2, 0) is 12.8 Å². The second-order valence-corrected chi connectivity index (χ2v) is 3.80. The maximum atomic E-state index is 12.5. The third-order valence-electron chi connectivity index (χ3n) is 2.36. The van der Waals surface area contributed by atoms with Crippen molar-refractivity contribution in [3.63, 3.8) is 0 Å². The van der Waals surface area contributed by atoms with Crippen molar-refractivity contribution in [2.24, 2.45) is 0 Å². The van der Waals surface area contributed by atoms with Crippen molar-refractivity contribution in [2.45, 2.75) is 12.8 Å². The lowest BCUT2D eigenvalue weighted by atomic mass is 10.1. The summed E-state index contributed by atoms with van der Waals surface area (Å²) < 4.78 is 55.2. The number of alkyl halides is 3. The minimum atomic E-state index is -4.38. The van der Waals surface area contributed by atoms with Crippen LogP contribution < -0.4 is 4.74 Å². The minimum absolute atomic E-state index is 0.0444. The Morgan fingerprint density at radius 3 is 2.53 bits per heavy atom. The number of aromatic nitrogens is 1. The van der Waals surface area contributed by atoms with Crippen LogP contribution in [0.5, 0.6) is 5.75 Å². The van der Waals surface area contributed by atoms with Gasteiger partial charge in [0.15, 0.2) is 0 Å². The number of hydrogen-bond donors (Lipinski definition) is 0. The van der Waals surface area contributed by atoms with E-state index in [2.05, 4.69) is 4.98 Å². The summed E-state index contributed by atoms with van der Waals surface area (Å²) in [6.07, 6.45) is -3.21. The van der Waals surface area contributed by atoms with Gasteiger partial charge in [0.05, 0.1) is 11.8 Å². The summed E-state index contributed by atoms with van der Waals surface area (Å²) in [5.41, 5.74) is -0.356. The normalized spacial score (nSPS) is 11.4. The zero-order valence-corrected chi connectivity index (χ0v) is 9.62. The molecule has 2 rings (SSSR count). The van der Waals surface area contributed by atoms with Gasteiger partial charge in [0.25, 0.3) is 0 Å². The standard InChI is InChI=1S/C13H9F4NO/c14-12-5-4-11(7-18-12)19-8-9-2-1-3-10(6-9)13(15,16)17/h1-7H,8H2. The Kier molecular flexibility index (Phi) is 3.69. The molecule has 0 aliphatic heterocycles. The highest BCUT2D eigenvalue weighted by molar-refractivity contribution is 5.26. The second-order valence-electron chi connectivity index (χ2n) is 3.80. The van der Waals surface area contributed by atoms with Crippen molar-refractivity contribution in [3.05, 3.63) is 59.7 Å². The molecular weight excluding hydrogens is 262 g/mol. The van der Waals surface area contributed by atoms with E-state index in [4.69, 9.17) is 4.74 Å². The number of nitrogens with zero attached hydrogens (tertiary/aromatic N) is 1. The molecule has 2 nitrogen and oxygen atoms in total. The first-order valence-corrected chi connectivity index (χ1v) is 5.35. The molecule has 0 aliphatic carbocycles. The molecule has 1 aromatic carbocycles. The highest BCUT2D eigenvalue weighted by Crippen LogP contribution is 2.29. The number of halogens is 4. The van der Waals surface area contributed by atoms with Gasteiger partial charge in [-0.2, -0.15) is 17.6 Å². The zero-order valence-electron chi connectivity index (χ0n) is 9.62. The molecule has 0 saturated heterocycles. The Morgan fingerprint density at radius 1 is 1.11 bits per heavy atom. The Labute approximate surface area is 106 Å². The molecule has 0 spiro atoms. The lowest BCUT2D eigenvalue weighted by Gasteiger charge is -2.09. The summed E-state index contributed by atoms with van der Waals surface area (Å²) in [4.78, 5) is 3.38. The quantitative estimate of drug-likeness (QED) is 0.625. The summed E-state index contributed by atoms with van der Waals surface area (Å²) >= 11 is 0. The van der Waals surface area contributed by atoms with Crippen molar-refractivity contribution in [1.82, 2.24) is 4.98 Å². The summed E-state index contributed by atoms with van der Waals surface area (Å²) in [6.45, 7) is -0.0444. The average Bonchev–Trinajstić information content (AvgIpc) is 2.37. The van der Waals surface area contributed by atoms with E-state index in [1.807, 2.05) is 0 Å². The van der Waals surface area contributed by atoms with E-state index in [0.29, 0.717) is 11.3 Å². The van der Waals surface area contributed by atoms with E-state index in [9.17, 15) is 17.6 Å². The van der Waals surface area contributed by atoms with E-state index in [1.54, 1.807) is 0 Å². The van der Waals surface area contributed by atoms with Gasteiger partial charge >= 0.3 is 6.18 Å². The van der Waals surface area contributed by atoms with Crippen LogP contribution in [-0.4, -0.2) is 4.98 Å². The van der Waals surface area contributed by atoms with Crippen molar-refractivity contribution in [2.75, 3.05) is 0 Å². The monoisotopic (exact) mass is 271 g/mol. The van der Waals surface area contributed by atoms with Crippen LogP contribution in [0, 0.1) is 5.95 Å². The Bertz CT molecular complexity index is 551. The third-order valence-corrected chi connectivity index (χ3v) is 2.36. The van der Waals surface area contributed by atoms with Gasteiger partial charge < -0.3 is 4.74 Å². The molecule has 1 heterocycles. The molecule has 0 unspecified atom stereocenters. The van der Waals surface area contributed by atoms with Crippen molar-refractivity contribution < 1.29 is 22.3 Å². The smallest absolute Gasteiger partial charge is 0.416 e. The fourth-order valence-corrected chi connectivity index (χ4v) is 1.45. The van der Waals surface area contributed by atoms with Crippen LogP contribution in [0.3, 0.4) is 0 Å². The zero-order chi connectivity index (χ0) is 13.9. The summed E-state index contributed by atoms with van der Waals surface area (Å²) in [5, 5.41) is 0. The maximum Gasteiger partial charge on any atom is 0.416 e. The first kappa shape index (κ1) is 13.3. The molecule has 0 radical (unpaired) electrons. The Balaban J connectivity index is 2.05. The summed E-state index contributed by atoms with van der Waals surface area (Å²) in [7, 11) is 0. The lowest BCUT2D eigenvalue weighted by Crippen LogP contribution is -2.06.